The van der Waals surface area contributed by atoms with E-state index in [1.165, 1.54) is 4.88 Å². The Labute approximate surface area is 145 Å². The lowest BCUT2D eigenvalue weighted by Gasteiger charge is -2.31. The van der Waals surface area contributed by atoms with Crippen molar-refractivity contribution in [2.24, 2.45) is 5.92 Å². The van der Waals surface area contributed by atoms with Crippen molar-refractivity contribution in [1.82, 2.24) is 14.5 Å². The third kappa shape index (κ3) is 3.52. The Bertz CT molecular complexity index is 783. The van der Waals surface area contributed by atoms with Crippen molar-refractivity contribution in [3.05, 3.63) is 27.6 Å². The van der Waals surface area contributed by atoms with E-state index in [-0.39, 0.29) is 17.4 Å². The molecule has 2 aromatic heterocycles. The van der Waals surface area contributed by atoms with Crippen molar-refractivity contribution in [3.63, 3.8) is 0 Å². The Morgan fingerprint density at radius 1 is 1.46 bits per heavy atom. The van der Waals surface area contributed by atoms with Crippen molar-refractivity contribution in [2.75, 3.05) is 19.7 Å². The van der Waals surface area contributed by atoms with Gasteiger partial charge in [0.2, 0.25) is 0 Å². The minimum Gasteiger partial charge on any atom is -0.466 e. The van der Waals surface area contributed by atoms with Gasteiger partial charge in [-0.05, 0) is 38.8 Å². The summed E-state index contributed by atoms with van der Waals surface area (Å²) >= 11 is 1.58. The van der Waals surface area contributed by atoms with Gasteiger partial charge in [0, 0.05) is 11.4 Å². The first-order chi connectivity index (χ1) is 11.6. The van der Waals surface area contributed by atoms with E-state index in [9.17, 15) is 9.59 Å². The number of likely N-dealkylation sites (tertiary alicyclic amines) is 1. The van der Waals surface area contributed by atoms with Crippen LogP contribution in [-0.4, -0.2) is 40.1 Å². The Hall–Kier alpha value is -1.73. The van der Waals surface area contributed by atoms with Crippen LogP contribution in [0.25, 0.3) is 10.2 Å². The smallest absolute Gasteiger partial charge is 0.310 e. The predicted octanol–water partition coefficient (Wildman–Crippen LogP) is 2.25. The van der Waals surface area contributed by atoms with Gasteiger partial charge in [-0.1, -0.05) is 6.92 Å². The van der Waals surface area contributed by atoms with Gasteiger partial charge in [0.1, 0.15) is 11.2 Å². The van der Waals surface area contributed by atoms with Crippen LogP contribution in [0, 0.1) is 5.92 Å². The van der Waals surface area contributed by atoms with Crippen LogP contribution in [0.4, 0.5) is 0 Å². The summed E-state index contributed by atoms with van der Waals surface area (Å²) < 4.78 is 6.77. The molecule has 6 nitrogen and oxygen atoms in total. The molecule has 7 heteroatoms. The molecule has 0 spiro atoms. The number of aryl methyl sites for hydroxylation is 1. The van der Waals surface area contributed by atoms with E-state index in [1.54, 1.807) is 22.2 Å². The van der Waals surface area contributed by atoms with Crippen LogP contribution >= 0.6 is 11.3 Å². The zero-order chi connectivity index (χ0) is 17.1. The molecule has 24 heavy (non-hydrogen) atoms. The average molecular weight is 349 g/mol. The van der Waals surface area contributed by atoms with Crippen molar-refractivity contribution in [3.8, 4) is 0 Å². The van der Waals surface area contributed by atoms with Crippen LogP contribution < -0.4 is 5.56 Å². The lowest BCUT2D eigenvalue weighted by atomic mass is 9.98. The average Bonchev–Trinajstić information content (AvgIpc) is 3.02. The van der Waals surface area contributed by atoms with E-state index in [4.69, 9.17) is 4.74 Å². The molecular formula is C17H23N3O3S. The zero-order valence-electron chi connectivity index (χ0n) is 14.2. The number of carbonyl (C=O) groups is 1. The molecule has 0 N–H and O–H groups in total. The van der Waals surface area contributed by atoms with Gasteiger partial charge < -0.3 is 4.74 Å². The van der Waals surface area contributed by atoms with Crippen molar-refractivity contribution >= 4 is 27.5 Å². The maximum Gasteiger partial charge on any atom is 0.310 e. The summed E-state index contributed by atoms with van der Waals surface area (Å²) in [5.41, 5.74) is -0.00536. The minimum absolute atomic E-state index is 0.00536. The molecule has 0 radical (unpaired) electrons. The summed E-state index contributed by atoms with van der Waals surface area (Å²) in [6.07, 6.45) is 4.32. The van der Waals surface area contributed by atoms with Gasteiger partial charge in [0.15, 0.2) is 0 Å². The molecule has 0 amide bonds. The van der Waals surface area contributed by atoms with Gasteiger partial charge in [-0.2, -0.15) is 0 Å². The fraction of sp³-hybridized carbons (Fsp3) is 0.588. The van der Waals surface area contributed by atoms with Gasteiger partial charge in [0.25, 0.3) is 5.56 Å². The molecule has 1 unspecified atom stereocenters. The van der Waals surface area contributed by atoms with Gasteiger partial charge in [-0.3, -0.25) is 19.1 Å². The van der Waals surface area contributed by atoms with E-state index in [1.807, 2.05) is 13.0 Å². The topological polar surface area (TPSA) is 64.4 Å². The van der Waals surface area contributed by atoms with Crippen LogP contribution in [0.1, 0.15) is 31.6 Å². The fourth-order valence-corrected chi connectivity index (χ4v) is 4.06. The first kappa shape index (κ1) is 17.1. The largest absolute Gasteiger partial charge is 0.466 e. The number of piperidine rings is 1. The summed E-state index contributed by atoms with van der Waals surface area (Å²) in [6.45, 7) is 6.29. The summed E-state index contributed by atoms with van der Waals surface area (Å²) in [5.74, 6) is -0.229. The normalized spacial score (nSPS) is 18.8. The van der Waals surface area contributed by atoms with Crippen molar-refractivity contribution in [1.29, 1.82) is 0 Å². The molecule has 1 saturated heterocycles. The number of fused-ring (bicyclic) bond motifs is 1. The molecule has 0 aromatic carbocycles. The van der Waals surface area contributed by atoms with E-state index in [0.717, 1.165) is 30.6 Å². The molecule has 0 saturated carbocycles. The number of esters is 1. The van der Waals surface area contributed by atoms with Crippen molar-refractivity contribution < 1.29 is 9.53 Å². The zero-order valence-corrected chi connectivity index (χ0v) is 15.0. The molecular weight excluding hydrogens is 326 g/mol. The van der Waals surface area contributed by atoms with Gasteiger partial charge >= 0.3 is 5.97 Å². The van der Waals surface area contributed by atoms with Crippen LogP contribution in [0.15, 0.2) is 17.2 Å². The molecule has 3 rings (SSSR count). The molecule has 2 aromatic rings. The van der Waals surface area contributed by atoms with Crippen LogP contribution in [-0.2, 0) is 22.6 Å². The molecule has 1 aliphatic rings. The van der Waals surface area contributed by atoms with Gasteiger partial charge in [-0.25, -0.2) is 4.98 Å². The first-order valence-electron chi connectivity index (χ1n) is 8.49. The molecule has 1 aliphatic heterocycles. The second-order valence-electron chi connectivity index (χ2n) is 6.11. The second-order valence-corrected chi connectivity index (χ2v) is 7.23. The Balaban J connectivity index is 1.75. The number of hydrogen-bond acceptors (Lipinski definition) is 6. The lowest BCUT2D eigenvalue weighted by Crippen LogP contribution is -2.42. The summed E-state index contributed by atoms with van der Waals surface area (Å²) in [4.78, 5) is 33.1. The summed E-state index contributed by atoms with van der Waals surface area (Å²) in [5, 5.41) is 0.693. The number of hydrogen-bond donors (Lipinski definition) is 0. The minimum atomic E-state index is -0.131. The highest BCUT2D eigenvalue weighted by Crippen LogP contribution is 2.22. The maximum absolute atomic E-state index is 12.7. The lowest BCUT2D eigenvalue weighted by molar-refractivity contribution is -0.150. The molecule has 1 fully saturated rings. The monoisotopic (exact) mass is 349 g/mol. The third-order valence-electron chi connectivity index (χ3n) is 4.40. The highest BCUT2D eigenvalue weighted by atomic mass is 32.1. The molecule has 1 atom stereocenters. The number of ether oxygens (including phenoxy) is 1. The number of thiophene rings is 1. The van der Waals surface area contributed by atoms with Gasteiger partial charge in [-0.15, -0.1) is 11.3 Å². The first-order valence-corrected chi connectivity index (χ1v) is 9.30. The number of rotatable bonds is 5. The number of aromatic nitrogens is 2. The van der Waals surface area contributed by atoms with Crippen LogP contribution in [0.3, 0.4) is 0 Å². The molecule has 0 bridgehead atoms. The van der Waals surface area contributed by atoms with E-state index < -0.39 is 0 Å². The third-order valence-corrected chi connectivity index (χ3v) is 5.58. The van der Waals surface area contributed by atoms with E-state index in [2.05, 4.69) is 16.8 Å². The fourth-order valence-electron chi connectivity index (χ4n) is 3.14. The second kappa shape index (κ2) is 7.44. The SMILES string of the molecule is CCOC(=O)C1CCCN(Cn2cnc3sc(CC)cc3c2=O)C1. The maximum atomic E-state index is 12.7. The summed E-state index contributed by atoms with van der Waals surface area (Å²) in [7, 11) is 0. The summed E-state index contributed by atoms with van der Waals surface area (Å²) in [6, 6.07) is 1.95. The van der Waals surface area contributed by atoms with E-state index >= 15 is 0 Å². The molecule has 3 heterocycles. The highest BCUT2D eigenvalue weighted by molar-refractivity contribution is 7.18. The predicted molar refractivity (Wildman–Crippen MR) is 94.2 cm³/mol. The van der Waals surface area contributed by atoms with E-state index in [0.29, 0.717) is 25.2 Å². The quantitative estimate of drug-likeness (QED) is 0.775. The Morgan fingerprint density at radius 3 is 3.04 bits per heavy atom. The van der Waals surface area contributed by atoms with Gasteiger partial charge in [0.05, 0.1) is 24.6 Å². The highest BCUT2D eigenvalue weighted by Gasteiger charge is 2.27. The number of nitrogens with zero attached hydrogens (tertiary/aromatic N) is 3. The van der Waals surface area contributed by atoms with Crippen LogP contribution in [0.2, 0.25) is 0 Å². The van der Waals surface area contributed by atoms with Crippen molar-refractivity contribution in [2.45, 2.75) is 39.8 Å². The Kier molecular flexibility index (Phi) is 5.30. The molecule has 130 valence electrons. The van der Waals surface area contributed by atoms with Crippen LogP contribution in [0.5, 0.6) is 0 Å². The Morgan fingerprint density at radius 2 is 2.29 bits per heavy atom. The number of carbonyl (C=O) groups excluding carboxylic acids is 1. The molecule has 0 aliphatic carbocycles. The standard InChI is InChI=1S/C17H23N3O3S/c1-3-13-8-14-15(24-13)18-10-20(16(14)21)11-19-7-5-6-12(9-19)17(22)23-4-2/h8,10,12H,3-7,9,11H2,1-2H3.